The Hall–Kier alpha value is -0.940. The van der Waals surface area contributed by atoms with Crippen LogP contribution in [0.15, 0.2) is 0 Å². The van der Waals surface area contributed by atoms with E-state index in [0.717, 1.165) is 6.42 Å². The molecule has 1 amide bonds. The molecule has 0 aromatic carbocycles. The molecule has 0 saturated carbocycles. The molecule has 0 spiro atoms. The van der Waals surface area contributed by atoms with Gasteiger partial charge < -0.3 is 15.4 Å². The molecule has 0 radical (unpaired) electrons. The van der Waals surface area contributed by atoms with E-state index < -0.39 is 11.1 Å². The summed E-state index contributed by atoms with van der Waals surface area (Å²) in [5.41, 5.74) is -1.87. The zero-order valence-corrected chi connectivity index (χ0v) is 16.4. The van der Waals surface area contributed by atoms with Crippen molar-refractivity contribution in [2.75, 3.05) is 7.11 Å². The molecule has 0 aromatic heterocycles. The number of amides is 1. The van der Waals surface area contributed by atoms with Gasteiger partial charge in [-0.2, -0.15) is 0 Å². The molecular weight excluding hydrogens is 292 g/mol. The van der Waals surface area contributed by atoms with Gasteiger partial charge in [-0.1, -0.05) is 34.6 Å². The van der Waals surface area contributed by atoms with Crippen LogP contribution >= 0.6 is 0 Å². The van der Waals surface area contributed by atoms with Gasteiger partial charge in [-0.3, -0.25) is 9.59 Å². The molecule has 0 heterocycles. The maximum Gasteiger partial charge on any atom is 0.237 e. The van der Waals surface area contributed by atoms with E-state index in [9.17, 15) is 9.59 Å². The second kappa shape index (κ2) is 8.78. The van der Waals surface area contributed by atoms with Crippen LogP contribution in [0.5, 0.6) is 0 Å². The lowest BCUT2D eigenvalue weighted by atomic mass is 9.84. The third kappa shape index (κ3) is 6.60. The van der Waals surface area contributed by atoms with Gasteiger partial charge in [-0.15, -0.1) is 0 Å². The first-order chi connectivity index (χ1) is 10.4. The van der Waals surface area contributed by atoms with Crippen LogP contribution in [0.1, 0.15) is 68.2 Å². The molecule has 5 heteroatoms. The highest BCUT2D eigenvalue weighted by atomic mass is 16.5. The maximum absolute atomic E-state index is 12.8. The van der Waals surface area contributed by atoms with E-state index in [1.165, 1.54) is 7.11 Å². The van der Waals surface area contributed by atoms with E-state index in [0.29, 0.717) is 12.3 Å². The van der Waals surface area contributed by atoms with Gasteiger partial charge in [0.1, 0.15) is 5.60 Å². The summed E-state index contributed by atoms with van der Waals surface area (Å²) >= 11 is 0. The topological polar surface area (TPSA) is 67.4 Å². The minimum atomic E-state index is -0.980. The fourth-order valence-corrected chi connectivity index (χ4v) is 2.64. The highest BCUT2D eigenvalue weighted by Gasteiger charge is 2.43. The van der Waals surface area contributed by atoms with Crippen molar-refractivity contribution < 1.29 is 14.3 Å². The SMILES string of the molecule is CCC(C)(OC)C(=O)C(C)(C)NC(=O)C(CC(C)C)NC(C)C. The molecule has 0 aromatic rings. The Morgan fingerprint density at radius 3 is 1.96 bits per heavy atom. The number of nitrogens with one attached hydrogen (secondary N) is 2. The van der Waals surface area contributed by atoms with Gasteiger partial charge in [0.15, 0.2) is 5.78 Å². The number of rotatable bonds is 10. The highest BCUT2D eigenvalue weighted by Crippen LogP contribution is 2.23. The molecule has 0 bridgehead atoms. The average molecular weight is 328 g/mol. The quantitative estimate of drug-likeness (QED) is 0.647. The van der Waals surface area contributed by atoms with Crippen LogP contribution in [-0.4, -0.2) is 42.0 Å². The molecule has 136 valence electrons. The molecule has 0 rings (SSSR count). The Morgan fingerprint density at radius 1 is 1.09 bits per heavy atom. The fourth-order valence-electron chi connectivity index (χ4n) is 2.64. The van der Waals surface area contributed by atoms with Crippen LogP contribution in [0.4, 0.5) is 0 Å². The third-order valence-corrected chi connectivity index (χ3v) is 4.17. The summed E-state index contributed by atoms with van der Waals surface area (Å²) in [4.78, 5) is 25.5. The van der Waals surface area contributed by atoms with Gasteiger partial charge >= 0.3 is 0 Å². The first kappa shape index (κ1) is 22.1. The minimum Gasteiger partial charge on any atom is -0.371 e. The smallest absolute Gasteiger partial charge is 0.237 e. The molecule has 2 unspecified atom stereocenters. The average Bonchev–Trinajstić information content (AvgIpc) is 2.43. The number of ether oxygens (including phenoxy) is 1. The zero-order chi connectivity index (χ0) is 18.4. The molecule has 2 N–H and O–H groups in total. The molecular formula is C18H36N2O3. The summed E-state index contributed by atoms with van der Waals surface area (Å²) in [7, 11) is 1.53. The molecule has 0 aliphatic rings. The highest BCUT2D eigenvalue weighted by molar-refractivity contribution is 5.98. The molecule has 23 heavy (non-hydrogen) atoms. The number of hydrogen-bond acceptors (Lipinski definition) is 4. The number of methoxy groups -OCH3 is 1. The van der Waals surface area contributed by atoms with Gasteiger partial charge in [0, 0.05) is 13.2 Å². The monoisotopic (exact) mass is 328 g/mol. The van der Waals surface area contributed by atoms with Crippen molar-refractivity contribution in [2.24, 2.45) is 5.92 Å². The maximum atomic E-state index is 12.8. The normalized spacial score (nSPS) is 16.3. The van der Waals surface area contributed by atoms with Crippen LogP contribution in [0.25, 0.3) is 0 Å². The standard InChI is InChI=1S/C18H36N2O3/c1-10-18(8,23-9)16(22)17(6,7)20-15(21)14(11-12(2)3)19-13(4)5/h12-14,19H,10-11H2,1-9H3,(H,20,21). The lowest BCUT2D eigenvalue weighted by Crippen LogP contribution is -2.61. The van der Waals surface area contributed by atoms with E-state index in [1.807, 2.05) is 20.8 Å². The Morgan fingerprint density at radius 2 is 1.61 bits per heavy atom. The lowest BCUT2D eigenvalue weighted by molar-refractivity contribution is -0.147. The Kier molecular flexibility index (Phi) is 8.43. The van der Waals surface area contributed by atoms with Crippen molar-refractivity contribution in [2.45, 2.75) is 91.5 Å². The summed E-state index contributed by atoms with van der Waals surface area (Å²) in [5.74, 6) is 0.132. The summed E-state index contributed by atoms with van der Waals surface area (Å²) in [6, 6.07) is -0.110. The van der Waals surface area contributed by atoms with Crippen LogP contribution in [0.3, 0.4) is 0 Å². The number of carbonyl (C=O) groups excluding carboxylic acids is 2. The predicted molar refractivity (Wildman–Crippen MR) is 94.4 cm³/mol. The Bertz CT molecular complexity index is 389. The summed E-state index contributed by atoms with van der Waals surface area (Å²) in [5, 5.41) is 6.19. The summed E-state index contributed by atoms with van der Waals surface area (Å²) < 4.78 is 5.39. The fraction of sp³-hybridized carbons (Fsp3) is 0.889. The molecule has 0 aliphatic heterocycles. The number of Topliss-reactive ketones (excluding diaryl/α,β-unsaturated/α-hetero) is 1. The van der Waals surface area contributed by atoms with Crippen molar-refractivity contribution in [3.63, 3.8) is 0 Å². The number of ketones is 1. The Balaban J connectivity index is 5.17. The van der Waals surface area contributed by atoms with Crippen LogP contribution in [-0.2, 0) is 14.3 Å². The van der Waals surface area contributed by atoms with Crippen molar-refractivity contribution in [3.8, 4) is 0 Å². The van der Waals surface area contributed by atoms with Gasteiger partial charge in [0.25, 0.3) is 0 Å². The lowest BCUT2D eigenvalue weighted by Gasteiger charge is -2.36. The molecule has 2 atom stereocenters. The van der Waals surface area contributed by atoms with Crippen molar-refractivity contribution in [3.05, 3.63) is 0 Å². The molecule has 5 nitrogen and oxygen atoms in total. The van der Waals surface area contributed by atoms with Crippen molar-refractivity contribution in [1.82, 2.24) is 10.6 Å². The third-order valence-electron chi connectivity index (χ3n) is 4.17. The number of carbonyl (C=O) groups is 2. The second-order valence-corrected chi connectivity index (χ2v) is 7.74. The zero-order valence-electron chi connectivity index (χ0n) is 16.4. The van der Waals surface area contributed by atoms with Crippen molar-refractivity contribution in [1.29, 1.82) is 0 Å². The minimum absolute atomic E-state index is 0.115. The van der Waals surface area contributed by atoms with Crippen LogP contribution < -0.4 is 10.6 Å². The van der Waals surface area contributed by atoms with Gasteiger partial charge in [0.2, 0.25) is 5.91 Å². The van der Waals surface area contributed by atoms with Crippen LogP contribution in [0, 0.1) is 5.92 Å². The van der Waals surface area contributed by atoms with E-state index in [1.54, 1.807) is 20.8 Å². The van der Waals surface area contributed by atoms with Gasteiger partial charge in [0.05, 0.1) is 11.6 Å². The number of hydrogen-bond donors (Lipinski definition) is 2. The van der Waals surface area contributed by atoms with E-state index in [4.69, 9.17) is 4.74 Å². The molecule has 0 saturated heterocycles. The predicted octanol–water partition coefficient (Wildman–Crippen LogP) is 2.68. The first-order valence-electron chi connectivity index (χ1n) is 8.57. The molecule has 0 fully saturated rings. The Labute approximate surface area is 141 Å². The largest absolute Gasteiger partial charge is 0.371 e. The van der Waals surface area contributed by atoms with Gasteiger partial charge in [-0.05, 0) is 39.5 Å². The van der Waals surface area contributed by atoms with Crippen LogP contribution in [0.2, 0.25) is 0 Å². The summed E-state index contributed by atoms with van der Waals surface area (Å²) in [6.45, 7) is 15.3. The van der Waals surface area contributed by atoms with E-state index in [2.05, 4.69) is 24.5 Å². The van der Waals surface area contributed by atoms with Crippen molar-refractivity contribution >= 4 is 11.7 Å². The summed E-state index contributed by atoms with van der Waals surface area (Å²) in [6.07, 6.45) is 1.28. The van der Waals surface area contributed by atoms with E-state index >= 15 is 0 Å². The van der Waals surface area contributed by atoms with E-state index in [-0.39, 0.29) is 23.8 Å². The molecule has 0 aliphatic carbocycles. The van der Waals surface area contributed by atoms with Gasteiger partial charge in [-0.25, -0.2) is 0 Å². The first-order valence-corrected chi connectivity index (χ1v) is 8.57. The second-order valence-electron chi connectivity index (χ2n) is 7.74.